The molecule has 4 aromatic carbocycles. The number of nitrogens with zero attached hydrogens (tertiary/aromatic N) is 2. The predicted molar refractivity (Wildman–Crippen MR) is 115 cm³/mol. The van der Waals surface area contributed by atoms with Crippen molar-refractivity contribution in [2.45, 2.75) is 6.54 Å². The first-order valence-electron chi connectivity index (χ1n) is 9.44. The van der Waals surface area contributed by atoms with Crippen LogP contribution in [0.15, 0.2) is 91.3 Å². The molecule has 0 bridgehead atoms. The number of aromatic carboxylic acids is 1. The minimum Gasteiger partial charge on any atom is -0.478 e. The van der Waals surface area contributed by atoms with Crippen LogP contribution in [0.4, 0.5) is 0 Å². The molecule has 5 aromatic rings. The Bertz CT molecular complexity index is 1350. The number of carboxylic acid groups (broad SMARTS) is 1. The summed E-state index contributed by atoms with van der Waals surface area (Å²) in [5.74, 6) is -0.905. The average Bonchev–Trinajstić information content (AvgIpc) is 3.16. The fourth-order valence-corrected chi connectivity index (χ4v) is 3.69. The lowest BCUT2D eigenvalue weighted by Crippen LogP contribution is -1.97. The lowest BCUT2D eigenvalue weighted by atomic mass is 9.99. The number of carbonyl (C=O) groups is 1. The molecule has 0 saturated heterocycles. The van der Waals surface area contributed by atoms with Crippen molar-refractivity contribution in [1.29, 1.82) is 0 Å². The van der Waals surface area contributed by atoms with Gasteiger partial charge in [-0.05, 0) is 57.8 Å². The zero-order valence-electron chi connectivity index (χ0n) is 15.6. The van der Waals surface area contributed by atoms with Crippen LogP contribution in [0.5, 0.6) is 0 Å². The van der Waals surface area contributed by atoms with Gasteiger partial charge in [0.15, 0.2) is 0 Å². The summed E-state index contributed by atoms with van der Waals surface area (Å²) in [7, 11) is 0. The van der Waals surface area contributed by atoms with Crippen LogP contribution >= 0.6 is 0 Å². The van der Waals surface area contributed by atoms with E-state index in [4.69, 9.17) is 5.11 Å². The minimum atomic E-state index is -0.905. The van der Waals surface area contributed by atoms with Gasteiger partial charge in [-0.15, -0.1) is 0 Å². The summed E-state index contributed by atoms with van der Waals surface area (Å²) in [4.78, 5) is 15.6. The van der Waals surface area contributed by atoms with E-state index < -0.39 is 5.97 Å². The lowest BCUT2D eigenvalue weighted by Gasteiger charge is -2.08. The molecular weight excluding hydrogens is 360 g/mol. The van der Waals surface area contributed by atoms with Crippen LogP contribution in [0, 0.1) is 0 Å². The topological polar surface area (TPSA) is 55.1 Å². The van der Waals surface area contributed by atoms with E-state index in [0.29, 0.717) is 5.56 Å². The molecule has 0 fully saturated rings. The van der Waals surface area contributed by atoms with Crippen molar-refractivity contribution in [2.24, 2.45) is 0 Å². The highest BCUT2D eigenvalue weighted by Gasteiger charge is 2.06. The quantitative estimate of drug-likeness (QED) is 0.443. The van der Waals surface area contributed by atoms with Crippen LogP contribution in [-0.2, 0) is 6.54 Å². The van der Waals surface area contributed by atoms with Crippen LogP contribution < -0.4 is 0 Å². The monoisotopic (exact) mass is 378 g/mol. The van der Waals surface area contributed by atoms with Crippen molar-refractivity contribution in [1.82, 2.24) is 9.55 Å². The Morgan fingerprint density at radius 3 is 2.38 bits per heavy atom. The largest absolute Gasteiger partial charge is 0.478 e. The number of para-hydroxylation sites is 2. The lowest BCUT2D eigenvalue weighted by molar-refractivity contribution is 0.0697. The van der Waals surface area contributed by atoms with E-state index in [-0.39, 0.29) is 0 Å². The van der Waals surface area contributed by atoms with E-state index in [2.05, 4.69) is 45.9 Å². The summed E-state index contributed by atoms with van der Waals surface area (Å²) in [6, 6.07) is 28.0. The molecule has 0 aliphatic carbocycles. The van der Waals surface area contributed by atoms with E-state index in [0.717, 1.165) is 39.5 Å². The highest BCUT2D eigenvalue weighted by molar-refractivity contribution is 5.95. The van der Waals surface area contributed by atoms with E-state index in [1.807, 2.05) is 42.7 Å². The molecule has 1 aromatic heterocycles. The molecule has 0 aliphatic rings. The highest BCUT2D eigenvalue weighted by Crippen LogP contribution is 2.26. The number of hydrogen-bond donors (Lipinski definition) is 1. The van der Waals surface area contributed by atoms with Gasteiger partial charge in [0.25, 0.3) is 0 Å². The average molecular weight is 378 g/mol. The molecule has 0 spiro atoms. The van der Waals surface area contributed by atoms with E-state index >= 15 is 0 Å². The smallest absolute Gasteiger partial charge is 0.335 e. The summed E-state index contributed by atoms with van der Waals surface area (Å²) in [5.41, 5.74) is 5.90. The Morgan fingerprint density at radius 1 is 0.828 bits per heavy atom. The maximum Gasteiger partial charge on any atom is 0.335 e. The van der Waals surface area contributed by atoms with Crippen molar-refractivity contribution in [3.05, 3.63) is 102 Å². The van der Waals surface area contributed by atoms with Gasteiger partial charge in [-0.2, -0.15) is 0 Å². The number of hydrogen-bond acceptors (Lipinski definition) is 2. The van der Waals surface area contributed by atoms with Gasteiger partial charge in [0.1, 0.15) is 0 Å². The Labute approximate surface area is 167 Å². The molecule has 4 nitrogen and oxygen atoms in total. The molecule has 0 atom stereocenters. The number of aromatic nitrogens is 2. The third-order valence-corrected chi connectivity index (χ3v) is 5.25. The molecule has 1 heterocycles. The third kappa shape index (κ3) is 3.25. The molecular formula is C25H18N2O2. The van der Waals surface area contributed by atoms with Crippen molar-refractivity contribution < 1.29 is 9.90 Å². The fourth-order valence-electron chi connectivity index (χ4n) is 3.69. The highest BCUT2D eigenvalue weighted by atomic mass is 16.4. The maximum absolute atomic E-state index is 11.1. The molecule has 140 valence electrons. The minimum absolute atomic E-state index is 0.307. The Morgan fingerprint density at radius 2 is 1.55 bits per heavy atom. The number of fused-ring (bicyclic) bond motifs is 2. The summed E-state index contributed by atoms with van der Waals surface area (Å²) in [6.45, 7) is 0.774. The van der Waals surface area contributed by atoms with Gasteiger partial charge in [-0.3, -0.25) is 0 Å². The molecule has 1 N–H and O–H groups in total. The van der Waals surface area contributed by atoms with Gasteiger partial charge in [0.05, 0.1) is 22.9 Å². The van der Waals surface area contributed by atoms with Crippen LogP contribution in [0.2, 0.25) is 0 Å². The predicted octanol–water partition coefficient (Wildman–Crippen LogP) is 5.60. The van der Waals surface area contributed by atoms with Crippen molar-refractivity contribution in [3.8, 4) is 11.1 Å². The Kier molecular flexibility index (Phi) is 4.10. The summed E-state index contributed by atoms with van der Waals surface area (Å²) in [5, 5.41) is 11.1. The van der Waals surface area contributed by atoms with E-state index in [1.165, 1.54) is 5.56 Å². The standard InChI is InChI=1S/C25H18N2O2/c28-25(29)22-12-11-20-13-19(9-10-21(20)14-22)18-7-5-17(6-8-18)15-27-16-26-23-3-1-2-4-24(23)27/h1-14,16H,15H2,(H,28,29). The first-order valence-corrected chi connectivity index (χ1v) is 9.44. The van der Waals surface area contributed by atoms with Gasteiger partial charge in [0, 0.05) is 6.54 Å². The second-order valence-corrected chi connectivity index (χ2v) is 7.14. The van der Waals surface area contributed by atoms with Crippen molar-refractivity contribution in [3.63, 3.8) is 0 Å². The first-order chi connectivity index (χ1) is 14.2. The zero-order valence-corrected chi connectivity index (χ0v) is 15.6. The molecule has 29 heavy (non-hydrogen) atoms. The van der Waals surface area contributed by atoms with Crippen LogP contribution in [0.3, 0.4) is 0 Å². The Balaban J connectivity index is 1.42. The number of carboxylic acids is 1. The first kappa shape index (κ1) is 17.2. The van der Waals surface area contributed by atoms with Crippen molar-refractivity contribution >= 4 is 27.8 Å². The normalized spacial score (nSPS) is 11.2. The molecule has 5 rings (SSSR count). The Hall–Kier alpha value is -3.92. The molecule has 0 amide bonds. The molecule has 0 aliphatic heterocycles. The zero-order chi connectivity index (χ0) is 19.8. The molecule has 0 unspecified atom stereocenters. The van der Waals surface area contributed by atoms with Gasteiger partial charge in [-0.25, -0.2) is 9.78 Å². The SMILES string of the molecule is O=C(O)c1ccc2cc(-c3ccc(Cn4cnc5ccccc54)cc3)ccc2c1. The number of benzene rings is 4. The van der Waals surface area contributed by atoms with Gasteiger partial charge in [-0.1, -0.05) is 54.6 Å². The van der Waals surface area contributed by atoms with Gasteiger partial charge < -0.3 is 9.67 Å². The van der Waals surface area contributed by atoms with E-state index in [1.54, 1.807) is 12.1 Å². The maximum atomic E-state index is 11.1. The van der Waals surface area contributed by atoms with Gasteiger partial charge >= 0.3 is 5.97 Å². The summed E-state index contributed by atoms with van der Waals surface area (Å²) in [6.07, 6.45) is 1.88. The van der Waals surface area contributed by atoms with Crippen LogP contribution in [0.1, 0.15) is 15.9 Å². The molecule has 4 heteroatoms. The van der Waals surface area contributed by atoms with Crippen LogP contribution in [-0.4, -0.2) is 20.6 Å². The van der Waals surface area contributed by atoms with E-state index in [9.17, 15) is 4.79 Å². The van der Waals surface area contributed by atoms with Crippen molar-refractivity contribution in [2.75, 3.05) is 0 Å². The summed E-state index contributed by atoms with van der Waals surface area (Å²) >= 11 is 0. The molecule has 0 saturated carbocycles. The van der Waals surface area contributed by atoms with Crippen LogP contribution in [0.25, 0.3) is 32.9 Å². The second-order valence-electron chi connectivity index (χ2n) is 7.14. The fraction of sp³-hybridized carbons (Fsp3) is 0.0400. The van der Waals surface area contributed by atoms with Gasteiger partial charge in [0.2, 0.25) is 0 Å². The molecule has 0 radical (unpaired) electrons. The number of rotatable bonds is 4. The second kappa shape index (κ2) is 6.91. The third-order valence-electron chi connectivity index (χ3n) is 5.25. The summed E-state index contributed by atoms with van der Waals surface area (Å²) < 4.78 is 2.15. The number of imidazole rings is 1.